The van der Waals surface area contributed by atoms with Crippen LogP contribution in [0.3, 0.4) is 0 Å². The molecular weight excluding hydrogens is 233 g/mol. The predicted octanol–water partition coefficient (Wildman–Crippen LogP) is 2.33. The number of nitrogens with zero attached hydrogens (tertiary/aromatic N) is 2. The van der Waals surface area contributed by atoms with E-state index in [2.05, 4.69) is 4.98 Å². The number of halogens is 1. The van der Waals surface area contributed by atoms with Crippen LogP contribution in [0.1, 0.15) is 19.3 Å². The summed E-state index contributed by atoms with van der Waals surface area (Å²) in [4.78, 5) is 4.20. The van der Waals surface area contributed by atoms with Gasteiger partial charge in [-0.3, -0.25) is 0 Å². The fourth-order valence-corrected chi connectivity index (χ4v) is 2.57. The number of hydrogen-bond acceptors (Lipinski definition) is 3. The summed E-state index contributed by atoms with van der Waals surface area (Å²) in [6.45, 7) is 0.678. The van der Waals surface area contributed by atoms with Gasteiger partial charge in [-0.25, -0.2) is 9.37 Å². The molecule has 1 fully saturated rings. The van der Waals surface area contributed by atoms with Gasteiger partial charge < -0.3 is 15.0 Å². The van der Waals surface area contributed by atoms with Gasteiger partial charge in [0.2, 0.25) is 5.95 Å². The third kappa shape index (κ3) is 1.66. The first kappa shape index (κ1) is 11.5. The Kier molecular flexibility index (Phi) is 2.52. The van der Waals surface area contributed by atoms with Gasteiger partial charge in [0.1, 0.15) is 5.82 Å². The summed E-state index contributed by atoms with van der Waals surface area (Å²) in [7, 11) is 1.73. The van der Waals surface area contributed by atoms with Gasteiger partial charge >= 0.3 is 0 Å². The summed E-state index contributed by atoms with van der Waals surface area (Å²) in [5.41, 5.74) is 7.24. The molecule has 3 rings (SSSR count). The zero-order valence-corrected chi connectivity index (χ0v) is 10.3. The van der Waals surface area contributed by atoms with Crippen molar-refractivity contribution in [3.05, 3.63) is 24.0 Å². The highest BCUT2D eigenvalue weighted by molar-refractivity contribution is 5.78. The number of nitrogens with two attached hydrogens (primary N) is 1. The molecule has 0 amide bonds. The molecule has 0 saturated heterocycles. The predicted molar refractivity (Wildman–Crippen MR) is 67.7 cm³/mol. The third-order valence-corrected chi connectivity index (χ3v) is 3.88. The van der Waals surface area contributed by atoms with Crippen LogP contribution in [0, 0.1) is 5.82 Å². The van der Waals surface area contributed by atoms with Crippen LogP contribution in [0.25, 0.3) is 11.0 Å². The van der Waals surface area contributed by atoms with Gasteiger partial charge in [-0.2, -0.15) is 0 Å². The first-order chi connectivity index (χ1) is 8.63. The average Bonchev–Trinajstić information content (AvgIpc) is 2.59. The van der Waals surface area contributed by atoms with Crippen LogP contribution in [0.2, 0.25) is 0 Å². The summed E-state index contributed by atoms with van der Waals surface area (Å²) < 4.78 is 20.7. The highest BCUT2D eigenvalue weighted by Gasteiger charge is 2.38. The molecule has 2 N–H and O–H groups in total. The molecule has 1 aliphatic rings. The van der Waals surface area contributed by atoms with Crippen molar-refractivity contribution >= 4 is 17.0 Å². The van der Waals surface area contributed by atoms with Crippen LogP contribution in [-0.4, -0.2) is 22.3 Å². The van der Waals surface area contributed by atoms with Crippen molar-refractivity contribution in [3.63, 3.8) is 0 Å². The van der Waals surface area contributed by atoms with Crippen molar-refractivity contribution < 1.29 is 9.13 Å². The van der Waals surface area contributed by atoms with E-state index in [0.29, 0.717) is 18.0 Å². The van der Waals surface area contributed by atoms with Crippen LogP contribution in [-0.2, 0) is 11.3 Å². The molecule has 0 bridgehead atoms. The van der Waals surface area contributed by atoms with Gasteiger partial charge in [0.25, 0.3) is 0 Å². The molecule has 0 aliphatic heterocycles. The van der Waals surface area contributed by atoms with Crippen LogP contribution in [0.5, 0.6) is 0 Å². The second kappa shape index (κ2) is 3.95. The number of hydrogen-bond donors (Lipinski definition) is 1. The lowest BCUT2D eigenvalue weighted by atomic mass is 9.80. The first-order valence-electron chi connectivity index (χ1n) is 6.10. The quantitative estimate of drug-likeness (QED) is 0.908. The molecule has 4 nitrogen and oxygen atoms in total. The fraction of sp³-hybridized carbons (Fsp3) is 0.462. The molecule has 1 heterocycles. The van der Waals surface area contributed by atoms with Gasteiger partial charge in [-0.1, -0.05) is 0 Å². The maximum absolute atomic E-state index is 13.1. The van der Waals surface area contributed by atoms with E-state index in [1.165, 1.54) is 18.6 Å². The zero-order chi connectivity index (χ0) is 12.8. The van der Waals surface area contributed by atoms with Crippen molar-refractivity contribution in [2.75, 3.05) is 12.8 Å². The number of aromatic nitrogens is 2. The summed E-state index contributed by atoms with van der Waals surface area (Å²) in [5, 5.41) is 0. The van der Waals surface area contributed by atoms with Gasteiger partial charge in [0.15, 0.2) is 0 Å². The minimum absolute atomic E-state index is 0.129. The molecule has 2 aromatic rings. The van der Waals surface area contributed by atoms with E-state index in [9.17, 15) is 4.39 Å². The second-order valence-corrected chi connectivity index (χ2v) is 4.93. The number of anilines is 1. The number of nitrogen functional groups attached to an aromatic ring is 1. The number of rotatable bonds is 3. The van der Waals surface area contributed by atoms with E-state index in [0.717, 1.165) is 18.4 Å². The molecule has 0 unspecified atom stereocenters. The van der Waals surface area contributed by atoms with Crippen molar-refractivity contribution in [3.8, 4) is 0 Å². The summed E-state index contributed by atoms with van der Waals surface area (Å²) >= 11 is 0. The monoisotopic (exact) mass is 249 g/mol. The van der Waals surface area contributed by atoms with Gasteiger partial charge in [0, 0.05) is 13.2 Å². The van der Waals surface area contributed by atoms with Crippen LogP contribution < -0.4 is 5.73 Å². The lowest BCUT2D eigenvalue weighted by Gasteiger charge is -2.40. The van der Waals surface area contributed by atoms with Crippen molar-refractivity contribution in [1.29, 1.82) is 0 Å². The number of methoxy groups -OCH3 is 1. The Morgan fingerprint density at radius 2 is 2.28 bits per heavy atom. The van der Waals surface area contributed by atoms with E-state index in [-0.39, 0.29) is 11.4 Å². The fourth-order valence-electron chi connectivity index (χ4n) is 2.57. The number of ether oxygens (including phenoxy) is 1. The Labute approximate surface area is 105 Å². The van der Waals surface area contributed by atoms with Crippen LogP contribution in [0.4, 0.5) is 10.3 Å². The maximum Gasteiger partial charge on any atom is 0.201 e. The van der Waals surface area contributed by atoms with Crippen LogP contribution in [0.15, 0.2) is 18.2 Å². The number of benzene rings is 1. The first-order valence-corrected chi connectivity index (χ1v) is 6.10. The van der Waals surface area contributed by atoms with E-state index in [1.807, 2.05) is 4.57 Å². The van der Waals surface area contributed by atoms with Crippen molar-refractivity contribution in [2.45, 2.75) is 31.4 Å². The minimum atomic E-state index is -0.294. The molecule has 5 heteroatoms. The van der Waals surface area contributed by atoms with Crippen molar-refractivity contribution in [1.82, 2.24) is 9.55 Å². The highest BCUT2D eigenvalue weighted by Crippen LogP contribution is 2.37. The Balaban J connectivity index is 2.03. The molecule has 1 saturated carbocycles. The largest absolute Gasteiger partial charge is 0.376 e. The molecule has 0 spiro atoms. The average molecular weight is 249 g/mol. The molecule has 18 heavy (non-hydrogen) atoms. The molecule has 1 aliphatic carbocycles. The Bertz CT molecular complexity index is 584. The van der Waals surface area contributed by atoms with Crippen LogP contribution >= 0.6 is 0 Å². The molecule has 1 aromatic carbocycles. The van der Waals surface area contributed by atoms with E-state index in [1.54, 1.807) is 13.2 Å². The van der Waals surface area contributed by atoms with E-state index >= 15 is 0 Å². The number of fused-ring (bicyclic) bond motifs is 1. The smallest absolute Gasteiger partial charge is 0.201 e. The van der Waals surface area contributed by atoms with Gasteiger partial charge in [-0.05, 0) is 31.4 Å². The third-order valence-electron chi connectivity index (χ3n) is 3.88. The van der Waals surface area contributed by atoms with E-state index in [4.69, 9.17) is 10.5 Å². The highest BCUT2D eigenvalue weighted by atomic mass is 19.1. The molecule has 0 atom stereocenters. The topological polar surface area (TPSA) is 53.1 Å². The van der Waals surface area contributed by atoms with E-state index < -0.39 is 0 Å². The van der Waals surface area contributed by atoms with Gasteiger partial charge in [-0.15, -0.1) is 0 Å². The molecular formula is C13H16FN3O. The maximum atomic E-state index is 13.1. The second-order valence-electron chi connectivity index (χ2n) is 4.93. The SMILES string of the molecule is COC1(Cn2c(N)nc3cc(F)ccc32)CCC1. The normalized spacial score (nSPS) is 17.9. The minimum Gasteiger partial charge on any atom is -0.376 e. The molecule has 96 valence electrons. The summed E-state index contributed by atoms with van der Waals surface area (Å²) in [6.07, 6.45) is 3.24. The molecule has 1 aromatic heterocycles. The van der Waals surface area contributed by atoms with Crippen molar-refractivity contribution in [2.24, 2.45) is 0 Å². The Morgan fingerprint density at radius 3 is 2.89 bits per heavy atom. The van der Waals surface area contributed by atoms with Gasteiger partial charge in [0.05, 0.1) is 23.2 Å². The lowest BCUT2D eigenvalue weighted by Crippen LogP contribution is -2.43. The number of imidazole rings is 1. The summed E-state index contributed by atoms with van der Waals surface area (Å²) in [5.74, 6) is 0.121. The summed E-state index contributed by atoms with van der Waals surface area (Å²) in [6, 6.07) is 4.55. The Hall–Kier alpha value is -1.62. The Morgan fingerprint density at radius 1 is 1.50 bits per heavy atom. The molecule has 0 radical (unpaired) electrons. The standard InChI is InChI=1S/C13H16FN3O/c1-18-13(5-2-6-13)8-17-11-4-3-9(14)7-10(11)16-12(17)15/h3-4,7H,2,5-6,8H2,1H3,(H2,15,16). The zero-order valence-electron chi connectivity index (χ0n) is 10.3. The lowest BCUT2D eigenvalue weighted by molar-refractivity contribution is -0.0824.